The highest BCUT2D eigenvalue weighted by Crippen LogP contribution is 2.25. The molecule has 1 aliphatic heterocycles. The second kappa shape index (κ2) is 6.68. The summed E-state index contributed by atoms with van der Waals surface area (Å²) in [4.78, 5) is 14.7. The van der Waals surface area contributed by atoms with Crippen LogP contribution in [0.2, 0.25) is 0 Å². The van der Waals surface area contributed by atoms with E-state index < -0.39 is 6.10 Å². The van der Waals surface area contributed by atoms with E-state index in [2.05, 4.69) is 31.2 Å². The van der Waals surface area contributed by atoms with Gasteiger partial charge >= 0.3 is 0 Å². The Balaban J connectivity index is 1.72. The molecule has 0 radical (unpaired) electrons. The molecular formula is C21H25NO2. The lowest BCUT2D eigenvalue weighted by molar-refractivity contribution is -0.138. The first kappa shape index (κ1) is 16.6. The third-order valence-corrected chi connectivity index (χ3v) is 4.86. The Morgan fingerprint density at radius 1 is 1.12 bits per heavy atom. The largest absolute Gasteiger partial charge is 0.481 e. The van der Waals surface area contributed by atoms with E-state index in [0.717, 1.165) is 29.8 Å². The Kier molecular flexibility index (Phi) is 4.61. The fourth-order valence-corrected chi connectivity index (χ4v) is 3.31. The molecule has 3 heteroatoms. The minimum Gasteiger partial charge on any atom is -0.481 e. The molecule has 0 fully saturated rings. The second-order valence-corrected chi connectivity index (χ2v) is 6.74. The van der Waals surface area contributed by atoms with Crippen LogP contribution in [0.1, 0.15) is 34.7 Å². The van der Waals surface area contributed by atoms with Crippen molar-refractivity contribution in [3.8, 4) is 5.75 Å². The van der Waals surface area contributed by atoms with Crippen LogP contribution >= 0.6 is 0 Å². The lowest BCUT2D eigenvalue weighted by Crippen LogP contribution is -2.43. The van der Waals surface area contributed by atoms with Gasteiger partial charge in [0.05, 0.1) is 0 Å². The number of carbonyl (C=O) groups excluding carboxylic acids is 1. The highest BCUT2D eigenvalue weighted by Gasteiger charge is 2.26. The third kappa shape index (κ3) is 3.30. The topological polar surface area (TPSA) is 29.5 Å². The molecule has 0 saturated heterocycles. The van der Waals surface area contributed by atoms with Gasteiger partial charge in [-0.3, -0.25) is 4.79 Å². The Hall–Kier alpha value is -2.29. The van der Waals surface area contributed by atoms with Gasteiger partial charge in [-0.2, -0.15) is 0 Å². The molecule has 24 heavy (non-hydrogen) atoms. The average Bonchev–Trinajstić information content (AvgIpc) is 2.58. The molecule has 1 aliphatic rings. The zero-order valence-electron chi connectivity index (χ0n) is 14.9. The van der Waals surface area contributed by atoms with Crippen LogP contribution < -0.4 is 4.74 Å². The van der Waals surface area contributed by atoms with Gasteiger partial charge in [0.25, 0.3) is 5.91 Å². The molecule has 0 spiro atoms. The Bertz CT molecular complexity index is 766. The molecule has 0 bridgehead atoms. The molecular weight excluding hydrogens is 298 g/mol. The molecule has 2 aromatic rings. The normalized spacial score (nSPS) is 14.9. The maximum absolute atomic E-state index is 12.8. The molecule has 1 atom stereocenters. The molecule has 3 nitrogen and oxygen atoms in total. The predicted molar refractivity (Wildman–Crippen MR) is 96.3 cm³/mol. The summed E-state index contributed by atoms with van der Waals surface area (Å²) in [5.74, 6) is 0.869. The van der Waals surface area contributed by atoms with Crippen LogP contribution in [-0.4, -0.2) is 23.5 Å². The van der Waals surface area contributed by atoms with Gasteiger partial charge < -0.3 is 9.64 Å². The first-order chi connectivity index (χ1) is 11.5. The third-order valence-electron chi connectivity index (χ3n) is 4.86. The van der Waals surface area contributed by atoms with Crippen LogP contribution in [0.25, 0.3) is 0 Å². The monoisotopic (exact) mass is 323 g/mol. The summed E-state index contributed by atoms with van der Waals surface area (Å²) in [5, 5.41) is 0. The maximum atomic E-state index is 12.8. The van der Waals surface area contributed by atoms with Crippen molar-refractivity contribution in [1.29, 1.82) is 0 Å². The maximum Gasteiger partial charge on any atom is 0.263 e. The van der Waals surface area contributed by atoms with E-state index in [4.69, 9.17) is 4.74 Å². The molecule has 0 aliphatic carbocycles. The SMILES string of the molecule is Cc1cc(C)c(C)c(O[C@H](C)C(=O)N2CCc3ccccc3C2)c1. The minimum atomic E-state index is -0.477. The van der Waals surface area contributed by atoms with Crippen molar-refractivity contribution in [2.24, 2.45) is 0 Å². The number of rotatable bonds is 3. The lowest BCUT2D eigenvalue weighted by atomic mass is 9.99. The highest BCUT2D eigenvalue weighted by atomic mass is 16.5. The number of nitrogens with zero attached hydrogens (tertiary/aromatic N) is 1. The van der Waals surface area contributed by atoms with Crippen molar-refractivity contribution in [1.82, 2.24) is 4.90 Å². The summed E-state index contributed by atoms with van der Waals surface area (Å²) in [6.07, 6.45) is 0.437. The Morgan fingerprint density at radius 3 is 2.58 bits per heavy atom. The van der Waals surface area contributed by atoms with Crippen molar-refractivity contribution in [3.63, 3.8) is 0 Å². The molecule has 2 aromatic carbocycles. The van der Waals surface area contributed by atoms with Gasteiger partial charge in [0.2, 0.25) is 0 Å². The Morgan fingerprint density at radius 2 is 1.83 bits per heavy atom. The zero-order chi connectivity index (χ0) is 17.3. The lowest BCUT2D eigenvalue weighted by Gasteiger charge is -2.31. The smallest absolute Gasteiger partial charge is 0.263 e. The van der Waals surface area contributed by atoms with Crippen LogP contribution in [0, 0.1) is 20.8 Å². The number of benzene rings is 2. The van der Waals surface area contributed by atoms with Gasteiger partial charge in [0, 0.05) is 13.1 Å². The van der Waals surface area contributed by atoms with Crippen molar-refractivity contribution in [2.45, 2.75) is 46.8 Å². The van der Waals surface area contributed by atoms with Crippen LogP contribution in [0.5, 0.6) is 5.75 Å². The molecule has 126 valence electrons. The average molecular weight is 323 g/mol. The summed E-state index contributed by atoms with van der Waals surface area (Å²) in [6.45, 7) is 9.44. The standard InChI is InChI=1S/C21H25NO2/c1-14-11-15(2)16(3)20(12-14)24-17(4)21(23)22-10-9-18-7-5-6-8-19(18)13-22/h5-8,11-12,17H,9-10,13H2,1-4H3/t17-/m1/s1. The zero-order valence-corrected chi connectivity index (χ0v) is 14.9. The number of hydrogen-bond acceptors (Lipinski definition) is 2. The van der Waals surface area contributed by atoms with Crippen LogP contribution in [-0.2, 0) is 17.8 Å². The fraction of sp³-hybridized carbons (Fsp3) is 0.381. The molecule has 1 amide bonds. The van der Waals surface area contributed by atoms with E-state index in [0.29, 0.717) is 6.54 Å². The first-order valence-corrected chi connectivity index (χ1v) is 8.56. The van der Waals surface area contributed by atoms with Crippen molar-refractivity contribution >= 4 is 5.91 Å². The number of aryl methyl sites for hydroxylation is 2. The summed E-state index contributed by atoms with van der Waals surface area (Å²) < 4.78 is 6.02. The van der Waals surface area contributed by atoms with Gasteiger partial charge in [-0.1, -0.05) is 30.3 Å². The van der Waals surface area contributed by atoms with E-state index in [9.17, 15) is 4.79 Å². The van der Waals surface area contributed by atoms with Crippen molar-refractivity contribution in [3.05, 3.63) is 64.2 Å². The van der Waals surface area contributed by atoms with Gasteiger partial charge in [-0.25, -0.2) is 0 Å². The number of ether oxygens (including phenoxy) is 1. The van der Waals surface area contributed by atoms with Gasteiger partial charge in [-0.15, -0.1) is 0 Å². The van der Waals surface area contributed by atoms with Crippen molar-refractivity contribution < 1.29 is 9.53 Å². The Labute approximate surface area is 144 Å². The van der Waals surface area contributed by atoms with Crippen molar-refractivity contribution in [2.75, 3.05) is 6.54 Å². The molecule has 0 aromatic heterocycles. The summed E-state index contributed by atoms with van der Waals surface area (Å²) in [7, 11) is 0. The quantitative estimate of drug-likeness (QED) is 0.855. The van der Waals surface area contributed by atoms with Gasteiger partial charge in [-0.05, 0) is 68.0 Å². The number of carbonyl (C=O) groups is 1. The van der Waals surface area contributed by atoms with E-state index in [1.807, 2.05) is 37.8 Å². The number of fused-ring (bicyclic) bond motifs is 1. The van der Waals surface area contributed by atoms with E-state index in [1.54, 1.807) is 0 Å². The van der Waals surface area contributed by atoms with Gasteiger partial charge in [0.1, 0.15) is 5.75 Å². The predicted octanol–water partition coefficient (Wildman–Crippen LogP) is 3.96. The van der Waals surface area contributed by atoms with E-state index in [1.165, 1.54) is 16.7 Å². The molecule has 0 N–H and O–H groups in total. The number of hydrogen-bond donors (Lipinski definition) is 0. The summed E-state index contributed by atoms with van der Waals surface area (Å²) in [6, 6.07) is 12.5. The molecule has 3 rings (SSSR count). The minimum absolute atomic E-state index is 0.0584. The van der Waals surface area contributed by atoms with Crippen LogP contribution in [0.3, 0.4) is 0 Å². The van der Waals surface area contributed by atoms with Crippen LogP contribution in [0.4, 0.5) is 0 Å². The first-order valence-electron chi connectivity index (χ1n) is 8.56. The second-order valence-electron chi connectivity index (χ2n) is 6.74. The summed E-state index contributed by atoms with van der Waals surface area (Å²) in [5.41, 5.74) is 6.03. The molecule has 0 saturated carbocycles. The van der Waals surface area contributed by atoms with Gasteiger partial charge in [0.15, 0.2) is 6.10 Å². The molecule has 1 heterocycles. The van der Waals surface area contributed by atoms with E-state index >= 15 is 0 Å². The van der Waals surface area contributed by atoms with Crippen LogP contribution in [0.15, 0.2) is 36.4 Å². The highest BCUT2D eigenvalue weighted by molar-refractivity contribution is 5.81. The molecule has 0 unspecified atom stereocenters. The van der Waals surface area contributed by atoms with E-state index in [-0.39, 0.29) is 5.91 Å². The summed E-state index contributed by atoms with van der Waals surface area (Å²) >= 11 is 0. The number of amides is 1. The fourth-order valence-electron chi connectivity index (χ4n) is 3.31.